The molecule has 1 aromatic carbocycles. The van der Waals surface area contributed by atoms with Crippen LogP contribution in [0.4, 0.5) is 0 Å². The molecule has 1 aliphatic carbocycles. The highest BCUT2D eigenvalue weighted by Gasteiger charge is 2.33. The van der Waals surface area contributed by atoms with Crippen LogP contribution >= 0.6 is 22.6 Å². The summed E-state index contributed by atoms with van der Waals surface area (Å²) in [6, 6.07) is 8.46. The summed E-state index contributed by atoms with van der Waals surface area (Å²) in [6.07, 6.45) is 3.07. The van der Waals surface area contributed by atoms with Crippen molar-refractivity contribution in [1.29, 1.82) is 0 Å². The third-order valence-electron chi connectivity index (χ3n) is 2.98. The van der Waals surface area contributed by atoms with Gasteiger partial charge >= 0.3 is 0 Å². The lowest BCUT2D eigenvalue weighted by Gasteiger charge is -2.36. The molecule has 1 aliphatic rings. The zero-order valence-corrected chi connectivity index (χ0v) is 10.8. The van der Waals surface area contributed by atoms with Gasteiger partial charge in [0.05, 0.1) is 5.60 Å². The Morgan fingerprint density at radius 1 is 1.27 bits per heavy atom. The fourth-order valence-electron chi connectivity index (χ4n) is 1.80. The van der Waals surface area contributed by atoms with Crippen molar-refractivity contribution in [2.45, 2.75) is 31.4 Å². The van der Waals surface area contributed by atoms with Crippen LogP contribution in [-0.2, 0) is 6.54 Å². The highest BCUT2D eigenvalue weighted by atomic mass is 127. The van der Waals surface area contributed by atoms with Gasteiger partial charge in [0.1, 0.15) is 0 Å². The number of hydrogen-bond acceptors (Lipinski definition) is 2. The molecule has 0 aromatic heterocycles. The lowest BCUT2D eigenvalue weighted by atomic mass is 9.80. The average Bonchev–Trinajstić information content (AvgIpc) is 2.19. The standard InChI is InChI=1S/C12H16INO/c13-11-4-2-10(3-5-11)8-14-9-12(15)6-1-7-12/h2-5,14-15H,1,6-9H2. The average molecular weight is 317 g/mol. The largest absolute Gasteiger partial charge is 0.389 e. The summed E-state index contributed by atoms with van der Waals surface area (Å²) in [5.41, 5.74) is 0.863. The van der Waals surface area contributed by atoms with Crippen LogP contribution in [-0.4, -0.2) is 17.3 Å². The molecule has 2 rings (SSSR count). The Bertz CT molecular complexity index is 319. The quantitative estimate of drug-likeness (QED) is 0.835. The summed E-state index contributed by atoms with van der Waals surface area (Å²) in [7, 11) is 0. The number of aliphatic hydroxyl groups is 1. The minimum Gasteiger partial charge on any atom is -0.389 e. The number of nitrogens with one attached hydrogen (secondary N) is 1. The molecule has 0 radical (unpaired) electrons. The molecular weight excluding hydrogens is 301 g/mol. The molecule has 0 atom stereocenters. The first-order valence-electron chi connectivity index (χ1n) is 5.36. The summed E-state index contributed by atoms with van der Waals surface area (Å²) < 4.78 is 1.26. The van der Waals surface area contributed by atoms with Crippen molar-refractivity contribution >= 4 is 22.6 Å². The van der Waals surface area contributed by atoms with Crippen LogP contribution < -0.4 is 5.32 Å². The normalized spacial score (nSPS) is 18.5. The second-order valence-corrected chi connectivity index (χ2v) is 5.55. The maximum Gasteiger partial charge on any atom is 0.0771 e. The molecule has 0 saturated heterocycles. The van der Waals surface area contributed by atoms with E-state index in [0.717, 1.165) is 25.9 Å². The van der Waals surface area contributed by atoms with Crippen LogP contribution in [0, 0.1) is 3.57 Å². The topological polar surface area (TPSA) is 32.3 Å². The highest BCUT2D eigenvalue weighted by Crippen LogP contribution is 2.30. The van der Waals surface area contributed by atoms with E-state index in [2.05, 4.69) is 52.2 Å². The molecule has 0 unspecified atom stereocenters. The molecule has 15 heavy (non-hydrogen) atoms. The Kier molecular flexibility index (Phi) is 3.64. The van der Waals surface area contributed by atoms with Gasteiger partial charge in [-0.1, -0.05) is 12.1 Å². The van der Waals surface area contributed by atoms with Gasteiger partial charge in [-0.05, 0) is 59.5 Å². The first-order chi connectivity index (χ1) is 7.18. The van der Waals surface area contributed by atoms with Crippen LogP contribution in [0.5, 0.6) is 0 Å². The van der Waals surface area contributed by atoms with Gasteiger partial charge in [-0.15, -0.1) is 0 Å². The molecule has 3 heteroatoms. The zero-order chi connectivity index (χ0) is 10.7. The minimum absolute atomic E-state index is 0.413. The summed E-state index contributed by atoms with van der Waals surface area (Å²) in [5.74, 6) is 0. The van der Waals surface area contributed by atoms with Crippen molar-refractivity contribution in [3.05, 3.63) is 33.4 Å². The number of halogens is 1. The number of benzene rings is 1. The molecule has 1 aromatic rings. The van der Waals surface area contributed by atoms with Gasteiger partial charge < -0.3 is 10.4 Å². The molecular formula is C12H16INO. The third-order valence-corrected chi connectivity index (χ3v) is 3.70. The molecule has 82 valence electrons. The second kappa shape index (κ2) is 4.80. The van der Waals surface area contributed by atoms with Gasteiger partial charge in [-0.2, -0.15) is 0 Å². The van der Waals surface area contributed by atoms with Crippen molar-refractivity contribution in [1.82, 2.24) is 5.32 Å². The monoisotopic (exact) mass is 317 g/mol. The van der Waals surface area contributed by atoms with Gasteiger partial charge in [0.25, 0.3) is 0 Å². The Balaban J connectivity index is 1.76. The molecule has 0 bridgehead atoms. The van der Waals surface area contributed by atoms with Crippen molar-refractivity contribution in [2.75, 3.05) is 6.54 Å². The van der Waals surface area contributed by atoms with Gasteiger partial charge in [-0.3, -0.25) is 0 Å². The molecule has 0 heterocycles. The van der Waals surface area contributed by atoms with Crippen molar-refractivity contribution in [2.24, 2.45) is 0 Å². The minimum atomic E-state index is -0.413. The van der Waals surface area contributed by atoms with Crippen LogP contribution in [0.1, 0.15) is 24.8 Å². The third kappa shape index (κ3) is 3.16. The van der Waals surface area contributed by atoms with E-state index < -0.39 is 5.60 Å². The van der Waals surface area contributed by atoms with E-state index in [-0.39, 0.29) is 0 Å². The molecule has 0 amide bonds. The van der Waals surface area contributed by atoms with Crippen LogP contribution in [0.25, 0.3) is 0 Å². The fraction of sp³-hybridized carbons (Fsp3) is 0.500. The molecule has 1 fully saturated rings. The Labute approximate surface area is 104 Å². The maximum atomic E-state index is 9.87. The van der Waals surface area contributed by atoms with E-state index in [0.29, 0.717) is 0 Å². The Morgan fingerprint density at radius 3 is 2.47 bits per heavy atom. The first kappa shape index (κ1) is 11.4. The smallest absolute Gasteiger partial charge is 0.0771 e. The van der Waals surface area contributed by atoms with E-state index in [9.17, 15) is 5.11 Å². The molecule has 1 saturated carbocycles. The second-order valence-electron chi connectivity index (χ2n) is 4.31. The maximum absolute atomic E-state index is 9.87. The summed E-state index contributed by atoms with van der Waals surface area (Å²) in [5, 5.41) is 13.2. The predicted molar refractivity (Wildman–Crippen MR) is 69.7 cm³/mol. The van der Waals surface area contributed by atoms with Crippen molar-refractivity contribution in [3.8, 4) is 0 Å². The molecule has 2 N–H and O–H groups in total. The lowest BCUT2D eigenvalue weighted by molar-refractivity contribution is -0.0314. The summed E-state index contributed by atoms with van der Waals surface area (Å²) in [6.45, 7) is 1.57. The van der Waals surface area contributed by atoms with E-state index in [1.807, 2.05) is 0 Å². The molecule has 0 spiro atoms. The molecule has 0 aliphatic heterocycles. The van der Waals surface area contributed by atoms with Crippen molar-refractivity contribution in [3.63, 3.8) is 0 Å². The fourth-order valence-corrected chi connectivity index (χ4v) is 2.16. The zero-order valence-electron chi connectivity index (χ0n) is 8.67. The number of hydrogen-bond donors (Lipinski definition) is 2. The van der Waals surface area contributed by atoms with Gasteiger partial charge in [-0.25, -0.2) is 0 Å². The van der Waals surface area contributed by atoms with Crippen LogP contribution in [0.3, 0.4) is 0 Å². The van der Waals surface area contributed by atoms with Gasteiger partial charge in [0, 0.05) is 16.7 Å². The Hall–Kier alpha value is -0.130. The Morgan fingerprint density at radius 2 is 1.93 bits per heavy atom. The van der Waals surface area contributed by atoms with Crippen LogP contribution in [0.2, 0.25) is 0 Å². The SMILES string of the molecule is OC1(CNCc2ccc(I)cc2)CCC1. The molecule has 2 nitrogen and oxygen atoms in total. The van der Waals surface area contributed by atoms with E-state index in [4.69, 9.17) is 0 Å². The van der Waals surface area contributed by atoms with E-state index in [1.54, 1.807) is 0 Å². The van der Waals surface area contributed by atoms with E-state index >= 15 is 0 Å². The van der Waals surface area contributed by atoms with Gasteiger partial charge in [0.2, 0.25) is 0 Å². The number of rotatable bonds is 4. The predicted octanol–water partition coefficient (Wildman–Crippen LogP) is 2.30. The van der Waals surface area contributed by atoms with Crippen molar-refractivity contribution < 1.29 is 5.11 Å². The highest BCUT2D eigenvalue weighted by molar-refractivity contribution is 14.1. The summed E-state index contributed by atoms with van der Waals surface area (Å²) in [4.78, 5) is 0. The van der Waals surface area contributed by atoms with Crippen LogP contribution in [0.15, 0.2) is 24.3 Å². The summed E-state index contributed by atoms with van der Waals surface area (Å²) >= 11 is 2.30. The van der Waals surface area contributed by atoms with Gasteiger partial charge in [0.15, 0.2) is 0 Å². The first-order valence-corrected chi connectivity index (χ1v) is 6.43. The van der Waals surface area contributed by atoms with E-state index in [1.165, 1.54) is 15.6 Å². The lowest BCUT2D eigenvalue weighted by Crippen LogP contribution is -2.45.